The summed E-state index contributed by atoms with van der Waals surface area (Å²) in [7, 11) is 0. The van der Waals surface area contributed by atoms with E-state index in [9.17, 15) is 4.79 Å². The van der Waals surface area contributed by atoms with Crippen LogP contribution in [0.15, 0.2) is 29.4 Å². The van der Waals surface area contributed by atoms with Crippen LogP contribution in [0.1, 0.15) is 30.4 Å². The van der Waals surface area contributed by atoms with Crippen LogP contribution in [0.4, 0.5) is 0 Å². The summed E-state index contributed by atoms with van der Waals surface area (Å²) in [5.74, 6) is 0.413. The molecule has 1 aliphatic heterocycles. The molecule has 0 bridgehead atoms. The quantitative estimate of drug-likeness (QED) is 0.619. The minimum atomic E-state index is 0.0380. The monoisotopic (exact) mass is 258 g/mol. The van der Waals surface area contributed by atoms with Gasteiger partial charge in [-0.2, -0.15) is 0 Å². The number of carbonyl (C=O) groups excluding carboxylic acids is 1. The summed E-state index contributed by atoms with van der Waals surface area (Å²) in [6.45, 7) is 3.33. The number of benzene rings is 1. The Hall–Kier alpha value is -1.84. The van der Waals surface area contributed by atoms with Gasteiger partial charge >= 0.3 is 0 Å². The van der Waals surface area contributed by atoms with Crippen molar-refractivity contribution in [1.82, 2.24) is 4.90 Å². The molecule has 1 heterocycles. The molecule has 3 rings (SSSR count). The zero-order valence-electron chi connectivity index (χ0n) is 11.0. The van der Waals surface area contributed by atoms with Crippen molar-refractivity contribution in [3.8, 4) is 0 Å². The lowest BCUT2D eigenvalue weighted by molar-refractivity contribution is -0.134. The molecule has 2 unspecified atom stereocenters. The summed E-state index contributed by atoms with van der Waals surface area (Å²) < 4.78 is 0. The molecule has 0 radical (unpaired) electrons. The number of amides is 1. The Kier molecular flexibility index (Phi) is 3.01. The summed E-state index contributed by atoms with van der Waals surface area (Å²) in [5.41, 5.74) is 3.28. The average Bonchev–Trinajstić information content (AvgIpc) is 2.40. The summed E-state index contributed by atoms with van der Waals surface area (Å²) in [6, 6.07) is 8.16. The predicted molar refractivity (Wildman–Crippen MR) is 72.5 cm³/mol. The molecule has 1 amide bonds. The van der Waals surface area contributed by atoms with E-state index in [0.29, 0.717) is 19.5 Å². The first-order chi connectivity index (χ1) is 9.20. The summed E-state index contributed by atoms with van der Waals surface area (Å²) >= 11 is 0. The van der Waals surface area contributed by atoms with Gasteiger partial charge in [-0.25, -0.2) is 0 Å². The summed E-state index contributed by atoms with van der Waals surface area (Å²) in [5, 5.41) is 12.2. The first-order valence-electron chi connectivity index (χ1n) is 6.78. The van der Waals surface area contributed by atoms with Gasteiger partial charge < -0.3 is 10.1 Å². The second-order valence-electron chi connectivity index (χ2n) is 5.48. The van der Waals surface area contributed by atoms with E-state index >= 15 is 0 Å². The van der Waals surface area contributed by atoms with Crippen LogP contribution in [0.2, 0.25) is 0 Å². The zero-order valence-corrected chi connectivity index (χ0v) is 11.0. The van der Waals surface area contributed by atoms with Gasteiger partial charge in [0.1, 0.15) is 0 Å². The Morgan fingerprint density at radius 2 is 2.21 bits per heavy atom. The van der Waals surface area contributed by atoms with Crippen molar-refractivity contribution < 1.29 is 10.0 Å². The van der Waals surface area contributed by atoms with Crippen molar-refractivity contribution in [3.05, 3.63) is 35.4 Å². The number of fused-ring (bicyclic) bond motifs is 1. The lowest BCUT2D eigenvalue weighted by atomic mass is 9.76. The molecule has 1 aromatic carbocycles. The third-order valence-corrected chi connectivity index (χ3v) is 4.29. The number of hydrogen-bond acceptors (Lipinski definition) is 3. The number of piperidine rings is 1. The molecule has 4 nitrogen and oxygen atoms in total. The third-order valence-electron chi connectivity index (χ3n) is 4.29. The molecule has 1 N–H and O–H groups in total. The van der Waals surface area contributed by atoms with Crippen molar-refractivity contribution in [2.45, 2.75) is 25.7 Å². The Bertz CT molecular complexity index is 539. The molecule has 1 fully saturated rings. The van der Waals surface area contributed by atoms with Crippen LogP contribution in [-0.2, 0) is 11.2 Å². The van der Waals surface area contributed by atoms with Crippen LogP contribution in [0.3, 0.4) is 0 Å². The fourth-order valence-corrected chi connectivity index (χ4v) is 3.07. The van der Waals surface area contributed by atoms with E-state index in [0.717, 1.165) is 12.1 Å². The van der Waals surface area contributed by atoms with Gasteiger partial charge in [0.2, 0.25) is 5.91 Å². The van der Waals surface area contributed by atoms with Crippen molar-refractivity contribution >= 4 is 11.6 Å². The van der Waals surface area contributed by atoms with Gasteiger partial charge in [0.15, 0.2) is 0 Å². The fourth-order valence-electron chi connectivity index (χ4n) is 3.07. The largest absolute Gasteiger partial charge is 0.411 e. The summed E-state index contributed by atoms with van der Waals surface area (Å²) in [4.78, 5) is 14.4. The molecule has 100 valence electrons. The van der Waals surface area contributed by atoms with Crippen LogP contribution in [0, 0.1) is 5.92 Å². The minimum absolute atomic E-state index is 0.0380. The van der Waals surface area contributed by atoms with Gasteiger partial charge in [0, 0.05) is 25.4 Å². The van der Waals surface area contributed by atoms with Gasteiger partial charge in [-0.3, -0.25) is 4.79 Å². The van der Waals surface area contributed by atoms with Gasteiger partial charge in [-0.05, 0) is 17.5 Å². The fraction of sp³-hybridized carbons (Fsp3) is 0.467. The highest BCUT2D eigenvalue weighted by Gasteiger charge is 2.36. The Morgan fingerprint density at radius 1 is 1.42 bits per heavy atom. The molecule has 0 saturated carbocycles. The number of carbonyl (C=O) groups is 1. The van der Waals surface area contributed by atoms with Crippen LogP contribution >= 0.6 is 0 Å². The van der Waals surface area contributed by atoms with E-state index in [1.54, 1.807) is 0 Å². The first-order valence-corrected chi connectivity index (χ1v) is 6.78. The van der Waals surface area contributed by atoms with Gasteiger partial charge in [-0.1, -0.05) is 36.3 Å². The van der Waals surface area contributed by atoms with Crippen molar-refractivity contribution in [3.63, 3.8) is 0 Å². The third kappa shape index (κ3) is 2.01. The molecule has 0 aromatic heterocycles. The highest BCUT2D eigenvalue weighted by molar-refractivity contribution is 5.91. The first kappa shape index (κ1) is 12.2. The molecular weight excluding hydrogens is 240 g/mol. The maximum atomic E-state index is 12.5. The lowest BCUT2D eigenvalue weighted by Crippen LogP contribution is -2.47. The molecule has 2 atom stereocenters. The van der Waals surface area contributed by atoms with Gasteiger partial charge in [-0.15, -0.1) is 0 Å². The van der Waals surface area contributed by atoms with Crippen molar-refractivity contribution in [2.24, 2.45) is 11.1 Å². The topological polar surface area (TPSA) is 52.9 Å². The predicted octanol–water partition coefficient (Wildman–Crippen LogP) is 2.02. The van der Waals surface area contributed by atoms with Gasteiger partial charge in [0.25, 0.3) is 0 Å². The Balaban J connectivity index is 1.70. The molecule has 2 aliphatic rings. The number of oxime groups is 1. The van der Waals surface area contributed by atoms with E-state index in [4.69, 9.17) is 5.21 Å². The number of hydrogen-bond donors (Lipinski definition) is 1. The second-order valence-corrected chi connectivity index (χ2v) is 5.48. The van der Waals surface area contributed by atoms with Crippen LogP contribution in [-0.4, -0.2) is 34.8 Å². The van der Waals surface area contributed by atoms with E-state index in [2.05, 4.69) is 17.3 Å². The van der Waals surface area contributed by atoms with E-state index in [1.807, 2.05) is 24.0 Å². The van der Waals surface area contributed by atoms with E-state index < -0.39 is 0 Å². The minimum Gasteiger partial charge on any atom is -0.411 e. The Labute approximate surface area is 112 Å². The maximum Gasteiger partial charge on any atom is 0.230 e. The normalized spacial score (nSPS) is 27.8. The second kappa shape index (κ2) is 4.68. The smallest absolute Gasteiger partial charge is 0.230 e. The van der Waals surface area contributed by atoms with Crippen LogP contribution < -0.4 is 0 Å². The average molecular weight is 258 g/mol. The van der Waals surface area contributed by atoms with Crippen molar-refractivity contribution in [1.29, 1.82) is 0 Å². The van der Waals surface area contributed by atoms with Crippen LogP contribution in [0.25, 0.3) is 0 Å². The number of nitrogens with zero attached hydrogens (tertiary/aromatic N) is 2. The molecule has 1 aliphatic carbocycles. The molecule has 1 saturated heterocycles. The summed E-state index contributed by atoms with van der Waals surface area (Å²) in [6.07, 6.45) is 1.54. The van der Waals surface area contributed by atoms with E-state index in [-0.39, 0.29) is 17.7 Å². The SMILES string of the molecule is CC1CN(C(=O)C2Cc3ccccc32)CC/C1=N\O. The standard InChI is InChI=1S/C15H18N2O2/c1-10-9-17(7-6-14(10)16-19)15(18)13-8-11-4-2-3-5-12(11)13/h2-5,10,13,19H,6-9H2,1H3/b16-14+. The molecule has 1 aromatic rings. The highest BCUT2D eigenvalue weighted by atomic mass is 16.4. The van der Waals surface area contributed by atoms with Gasteiger partial charge in [0.05, 0.1) is 11.6 Å². The molecular formula is C15H18N2O2. The lowest BCUT2D eigenvalue weighted by Gasteiger charge is -2.37. The van der Waals surface area contributed by atoms with E-state index in [1.165, 1.54) is 11.1 Å². The maximum absolute atomic E-state index is 12.5. The number of likely N-dealkylation sites (tertiary alicyclic amines) is 1. The highest BCUT2D eigenvalue weighted by Crippen LogP contribution is 2.36. The molecule has 4 heteroatoms. The number of rotatable bonds is 1. The van der Waals surface area contributed by atoms with Crippen molar-refractivity contribution in [2.75, 3.05) is 13.1 Å². The Morgan fingerprint density at radius 3 is 2.89 bits per heavy atom. The van der Waals surface area contributed by atoms with Crippen LogP contribution in [0.5, 0.6) is 0 Å². The molecule has 0 spiro atoms. The molecule has 19 heavy (non-hydrogen) atoms. The zero-order chi connectivity index (χ0) is 13.4.